The van der Waals surface area contributed by atoms with E-state index in [-0.39, 0.29) is 13.2 Å². The molecule has 0 bridgehead atoms. The molecule has 2 heterocycles. The molecular weight excluding hydrogens is 342 g/mol. The number of benzene rings is 1. The van der Waals surface area contributed by atoms with Gasteiger partial charge in [0.1, 0.15) is 18.8 Å². The van der Waals surface area contributed by atoms with Gasteiger partial charge in [0.25, 0.3) is 0 Å². The highest BCUT2D eigenvalue weighted by molar-refractivity contribution is 5.83. The molecule has 0 unspecified atom stereocenters. The van der Waals surface area contributed by atoms with E-state index in [1.807, 2.05) is 30.3 Å². The minimum Gasteiger partial charge on any atom is -0.465 e. The lowest BCUT2D eigenvalue weighted by molar-refractivity contribution is -0.200. The number of ether oxygens (including phenoxy) is 3. The van der Waals surface area contributed by atoms with Crippen LogP contribution in [-0.2, 0) is 40.0 Å². The SMILES string of the molecule is CCOC(=O)[C@H]1[C@@H]2[C@@H](COC(C)=O)OC(=O)[C@@H]2ON1Cc1ccccc1. The van der Waals surface area contributed by atoms with Crippen LogP contribution < -0.4 is 0 Å². The van der Waals surface area contributed by atoms with E-state index in [1.165, 1.54) is 12.0 Å². The second kappa shape index (κ2) is 7.84. The number of hydroxylamine groups is 2. The Balaban J connectivity index is 1.83. The molecule has 0 aliphatic carbocycles. The van der Waals surface area contributed by atoms with Gasteiger partial charge in [0.2, 0.25) is 0 Å². The first-order valence-corrected chi connectivity index (χ1v) is 8.49. The third-order valence-corrected chi connectivity index (χ3v) is 4.36. The topological polar surface area (TPSA) is 91.4 Å². The van der Waals surface area contributed by atoms with Crippen molar-refractivity contribution < 1.29 is 33.4 Å². The van der Waals surface area contributed by atoms with Gasteiger partial charge < -0.3 is 14.2 Å². The van der Waals surface area contributed by atoms with Crippen LogP contribution >= 0.6 is 0 Å². The van der Waals surface area contributed by atoms with Crippen molar-refractivity contribution in [2.24, 2.45) is 5.92 Å². The Morgan fingerprint density at radius 2 is 1.92 bits per heavy atom. The molecule has 26 heavy (non-hydrogen) atoms. The molecular formula is C18H21NO7. The van der Waals surface area contributed by atoms with Crippen LogP contribution in [0.5, 0.6) is 0 Å². The summed E-state index contributed by atoms with van der Waals surface area (Å²) in [6.07, 6.45) is -1.68. The highest BCUT2D eigenvalue weighted by Crippen LogP contribution is 2.39. The largest absolute Gasteiger partial charge is 0.465 e. The minimum absolute atomic E-state index is 0.124. The molecule has 2 aliphatic heterocycles. The third kappa shape index (κ3) is 3.71. The summed E-state index contributed by atoms with van der Waals surface area (Å²) >= 11 is 0. The van der Waals surface area contributed by atoms with Crippen molar-refractivity contribution in [3.8, 4) is 0 Å². The second-order valence-corrected chi connectivity index (χ2v) is 6.14. The minimum atomic E-state index is -0.923. The van der Waals surface area contributed by atoms with Gasteiger partial charge in [0.05, 0.1) is 19.1 Å². The molecule has 0 radical (unpaired) electrons. The van der Waals surface area contributed by atoms with Crippen LogP contribution in [0.25, 0.3) is 0 Å². The number of hydrogen-bond donors (Lipinski definition) is 0. The van der Waals surface area contributed by atoms with Crippen LogP contribution in [0.3, 0.4) is 0 Å². The van der Waals surface area contributed by atoms with Crippen LogP contribution in [0.4, 0.5) is 0 Å². The monoisotopic (exact) mass is 363 g/mol. The quantitative estimate of drug-likeness (QED) is 0.542. The molecule has 2 saturated heterocycles. The standard InChI is InChI=1S/C18H21NO7/c1-3-23-17(21)15-14-13(10-24-11(2)20)25-18(22)16(14)26-19(15)9-12-7-5-4-6-8-12/h4-8,13-16H,3,9-10H2,1-2H3/t13-,14+,15-,16-/m1/s1. The van der Waals surface area contributed by atoms with Crippen molar-refractivity contribution in [1.82, 2.24) is 5.06 Å². The molecule has 4 atom stereocenters. The van der Waals surface area contributed by atoms with E-state index in [4.69, 9.17) is 19.0 Å². The van der Waals surface area contributed by atoms with Gasteiger partial charge in [0.15, 0.2) is 6.10 Å². The van der Waals surface area contributed by atoms with E-state index in [1.54, 1.807) is 6.92 Å². The number of fused-ring (bicyclic) bond motifs is 1. The first kappa shape index (κ1) is 18.3. The van der Waals surface area contributed by atoms with E-state index in [0.29, 0.717) is 6.54 Å². The highest BCUT2D eigenvalue weighted by atomic mass is 16.7. The molecule has 0 aromatic heterocycles. The Hall–Kier alpha value is -2.45. The fraction of sp³-hybridized carbons (Fsp3) is 0.500. The molecule has 0 spiro atoms. The van der Waals surface area contributed by atoms with Crippen LogP contribution in [0.1, 0.15) is 19.4 Å². The van der Waals surface area contributed by atoms with Crippen molar-refractivity contribution >= 4 is 17.9 Å². The van der Waals surface area contributed by atoms with Crippen molar-refractivity contribution in [1.29, 1.82) is 0 Å². The zero-order valence-corrected chi connectivity index (χ0v) is 14.6. The second-order valence-electron chi connectivity index (χ2n) is 6.14. The van der Waals surface area contributed by atoms with Gasteiger partial charge in [-0.15, -0.1) is 0 Å². The fourth-order valence-corrected chi connectivity index (χ4v) is 3.28. The Labute approximate surface area is 150 Å². The molecule has 140 valence electrons. The number of carbonyl (C=O) groups is 3. The van der Waals surface area contributed by atoms with E-state index < -0.39 is 42.1 Å². The summed E-state index contributed by atoms with van der Waals surface area (Å²) in [5, 5.41) is 1.46. The molecule has 1 aromatic carbocycles. The number of rotatable bonds is 6. The van der Waals surface area contributed by atoms with E-state index >= 15 is 0 Å². The van der Waals surface area contributed by atoms with Gasteiger partial charge in [-0.2, -0.15) is 5.06 Å². The molecule has 0 N–H and O–H groups in total. The predicted octanol–water partition coefficient (Wildman–Crippen LogP) is 0.839. The maximum atomic E-state index is 12.6. The number of cyclic esters (lactones) is 1. The average Bonchev–Trinajstić information content (AvgIpc) is 3.12. The van der Waals surface area contributed by atoms with Crippen molar-refractivity contribution in [3.63, 3.8) is 0 Å². The van der Waals surface area contributed by atoms with E-state index in [0.717, 1.165) is 5.56 Å². The highest BCUT2D eigenvalue weighted by Gasteiger charge is 2.60. The Kier molecular flexibility index (Phi) is 5.53. The third-order valence-electron chi connectivity index (χ3n) is 4.36. The van der Waals surface area contributed by atoms with Crippen LogP contribution in [0.2, 0.25) is 0 Å². The van der Waals surface area contributed by atoms with E-state index in [9.17, 15) is 14.4 Å². The van der Waals surface area contributed by atoms with Gasteiger partial charge in [-0.05, 0) is 12.5 Å². The smallest absolute Gasteiger partial charge is 0.338 e. The normalized spacial score (nSPS) is 27.7. The lowest BCUT2D eigenvalue weighted by Gasteiger charge is -2.26. The van der Waals surface area contributed by atoms with Gasteiger partial charge in [-0.1, -0.05) is 30.3 Å². The maximum absolute atomic E-state index is 12.6. The first-order valence-electron chi connectivity index (χ1n) is 8.49. The Morgan fingerprint density at radius 1 is 1.19 bits per heavy atom. The zero-order valence-electron chi connectivity index (χ0n) is 14.6. The summed E-state index contributed by atoms with van der Waals surface area (Å²) in [5.41, 5.74) is 0.923. The van der Waals surface area contributed by atoms with Crippen LogP contribution in [-0.4, -0.2) is 54.4 Å². The van der Waals surface area contributed by atoms with Crippen molar-refractivity contribution in [2.45, 2.75) is 38.6 Å². The first-order chi connectivity index (χ1) is 12.5. The molecule has 8 heteroatoms. The average molecular weight is 363 g/mol. The summed E-state index contributed by atoms with van der Waals surface area (Å²) in [7, 11) is 0. The number of carbonyl (C=O) groups excluding carboxylic acids is 3. The molecule has 1 aromatic rings. The van der Waals surface area contributed by atoms with Gasteiger partial charge >= 0.3 is 17.9 Å². The zero-order chi connectivity index (χ0) is 18.7. The van der Waals surface area contributed by atoms with Gasteiger partial charge in [0, 0.05) is 6.92 Å². The lowest BCUT2D eigenvalue weighted by atomic mass is 9.91. The summed E-state index contributed by atoms with van der Waals surface area (Å²) in [6, 6.07) is 8.61. The molecule has 8 nitrogen and oxygen atoms in total. The molecule has 2 aliphatic rings. The Bertz CT molecular complexity index is 677. The van der Waals surface area contributed by atoms with Crippen molar-refractivity contribution in [2.75, 3.05) is 13.2 Å². The molecule has 0 saturated carbocycles. The van der Waals surface area contributed by atoms with Gasteiger partial charge in [-0.25, -0.2) is 4.79 Å². The molecule has 3 rings (SSSR count). The summed E-state index contributed by atoms with van der Waals surface area (Å²) in [6.45, 7) is 3.37. The summed E-state index contributed by atoms with van der Waals surface area (Å²) in [4.78, 5) is 41.6. The summed E-state index contributed by atoms with van der Waals surface area (Å²) < 4.78 is 15.4. The predicted molar refractivity (Wildman–Crippen MR) is 87.3 cm³/mol. The number of hydrogen-bond acceptors (Lipinski definition) is 8. The van der Waals surface area contributed by atoms with Crippen molar-refractivity contribution in [3.05, 3.63) is 35.9 Å². The number of esters is 3. The van der Waals surface area contributed by atoms with Crippen LogP contribution in [0, 0.1) is 5.92 Å². The van der Waals surface area contributed by atoms with Gasteiger partial charge in [-0.3, -0.25) is 14.4 Å². The summed E-state index contributed by atoms with van der Waals surface area (Å²) in [5.74, 6) is -2.17. The fourth-order valence-electron chi connectivity index (χ4n) is 3.28. The van der Waals surface area contributed by atoms with Crippen LogP contribution in [0.15, 0.2) is 30.3 Å². The molecule has 2 fully saturated rings. The van der Waals surface area contributed by atoms with E-state index in [2.05, 4.69) is 0 Å². The maximum Gasteiger partial charge on any atom is 0.338 e. The molecule has 0 amide bonds. The lowest BCUT2D eigenvalue weighted by Crippen LogP contribution is -2.44. The number of nitrogens with zero attached hydrogens (tertiary/aromatic N) is 1. The Morgan fingerprint density at radius 3 is 2.58 bits per heavy atom.